The second kappa shape index (κ2) is 6.10. The molecule has 0 spiro atoms. The van der Waals surface area contributed by atoms with Gasteiger partial charge in [0.05, 0.1) is 7.11 Å². The Hall–Kier alpha value is -1.75. The van der Waals surface area contributed by atoms with E-state index in [2.05, 4.69) is 5.32 Å². The fourth-order valence-corrected chi connectivity index (χ4v) is 1.48. The van der Waals surface area contributed by atoms with Crippen LogP contribution in [0.2, 0.25) is 0 Å². The first-order valence-corrected chi connectivity index (χ1v) is 5.41. The maximum Gasteiger partial charge on any atom is 0.320 e. The Morgan fingerprint density at radius 2 is 2.29 bits per heavy atom. The SMILES string of the molecule is COc1ccc(NCCC(N)C(=O)O)cc1C. The Kier molecular flexibility index (Phi) is 4.78. The van der Waals surface area contributed by atoms with Crippen LogP contribution in [-0.2, 0) is 4.79 Å². The van der Waals surface area contributed by atoms with Crippen molar-refractivity contribution >= 4 is 11.7 Å². The number of carboxylic acid groups (broad SMARTS) is 1. The van der Waals surface area contributed by atoms with Crippen LogP contribution in [0.1, 0.15) is 12.0 Å². The minimum Gasteiger partial charge on any atom is -0.496 e. The van der Waals surface area contributed by atoms with Crippen molar-refractivity contribution < 1.29 is 14.6 Å². The molecule has 0 radical (unpaired) electrons. The van der Waals surface area contributed by atoms with Crippen molar-refractivity contribution in [3.05, 3.63) is 23.8 Å². The minimum atomic E-state index is -0.974. The zero-order valence-corrected chi connectivity index (χ0v) is 10.1. The molecular formula is C12H18N2O3. The molecule has 0 aromatic heterocycles. The van der Waals surface area contributed by atoms with Gasteiger partial charge in [-0.1, -0.05) is 0 Å². The van der Waals surface area contributed by atoms with Gasteiger partial charge < -0.3 is 20.9 Å². The zero-order valence-electron chi connectivity index (χ0n) is 10.1. The van der Waals surface area contributed by atoms with E-state index in [-0.39, 0.29) is 0 Å². The lowest BCUT2D eigenvalue weighted by atomic mass is 10.2. The van der Waals surface area contributed by atoms with Gasteiger partial charge in [-0.25, -0.2) is 0 Å². The number of nitrogens with one attached hydrogen (secondary N) is 1. The highest BCUT2D eigenvalue weighted by Gasteiger charge is 2.10. The fourth-order valence-electron chi connectivity index (χ4n) is 1.48. The first-order valence-electron chi connectivity index (χ1n) is 5.41. The highest BCUT2D eigenvalue weighted by Crippen LogP contribution is 2.21. The van der Waals surface area contributed by atoms with E-state index in [9.17, 15) is 4.79 Å². The standard InChI is InChI=1S/C12H18N2O3/c1-8-7-9(3-4-11(8)17-2)14-6-5-10(13)12(15)16/h3-4,7,10,14H,5-6,13H2,1-2H3,(H,15,16). The van der Waals surface area contributed by atoms with Crippen molar-refractivity contribution in [2.75, 3.05) is 19.0 Å². The number of hydrogen-bond donors (Lipinski definition) is 3. The second-order valence-electron chi connectivity index (χ2n) is 3.84. The number of methoxy groups -OCH3 is 1. The maximum absolute atomic E-state index is 10.5. The van der Waals surface area contributed by atoms with Gasteiger partial charge >= 0.3 is 5.97 Å². The Balaban J connectivity index is 2.47. The number of anilines is 1. The lowest BCUT2D eigenvalue weighted by molar-refractivity contribution is -0.138. The molecule has 0 bridgehead atoms. The van der Waals surface area contributed by atoms with Crippen LogP contribution in [0.3, 0.4) is 0 Å². The van der Waals surface area contributed by atoms with Crippen LogP contribution in [0.5, 0.6) is 5.75 Å². The normalized spacial score (nSPS) is 11.9. The van der Waals surface area contributed by atoms with Gasteiger partial charge in [-0.3, -0.25) is 4.79 Å². The largest absolute Gasteiger partial charge is 0.496 e. The van der Waals surface area contributed by atoms with E-state index < -0.39 is 12.0 Å². The van der Waals surface area contributed by atoms with Crippen LogP contribution in [-0.4, -0.2) is 30.8 Å². The predicted molar refractivity (Wildman–Crippen MR) is 66.4 cm³/mol. The fraction of sp³-hybridized carbons (Fsp3) is 0.417. The molecule has 4 N–H and O–H groups in total. The van der Waals surface area contributed by atoms with E-state index in [1.165, 1.54) is 0 Å². The van der Waals surface area contributed by atoms with Gasteiger partial charge in [0.2, 0.25) is 0 Å². The molecule has 0 amide bonds. The van der Waals surface area contributed by atoms with Crippen LogP contribution < -0.4 is 15.8 Å². The molecule has 0 saturated carbocycles. The molecule has 94 valence electrons. The van der Waals surface area contributed by atoms with E-state index in [0.29, 0.717) is 13.0 Å². The van der Waals surface area contributed by atoms with E-state index in [1.54, 1.807) is 7.11 Å². The van der Waals surface area contributed by atoms with Gasteiger partial charge in [0, 0.05) is 12.2 Å². The molecule has 17 heavy (non-hydrogen) atoms. The Morgan fingerprint density at radius 1 is 1.59 bits per heavy atom. The summed E-state index contributed by atoms with van der Waals surface area (Å²) in [5, 5.41) is 11.7. The lowest BCUT2D eigenvalue weighted by Crippen LogP contribution is -2.32. The number of ether oxygens (including phenoxy) is 1. The van der Waals surface area contributed by atoms with Crippen LogP contribution >= 0.6 is 0 Å². The van der Waals surface area contributed by atoms with Crippen molar-refractivity contribution in [2.24, 2.45) is 5.73 Å². The molecular weight excluding hydrogens is 220 g/mol. The van der Waals surface area contributed by atoms with E-state index >= 15 is 0 Å². The summed E-state index contributed by atoms with van der Waals surface area (Å²) >= 11 is 0. The molecule has 1 atom stereocenters. The molecule has 1 aromatic carbocycles. The second-order valence-corrected chi connectivity index (χ2v) is 3.84. The number of nitrogens with two attached hydrogens (primary N) is 1. The highest BCUT2D eigenvalue weighted by molar-refractivity contribution is 5.73. The highest BCUT2D eigenvalue weighted by atomic mass is 16.5. The molecule has 0 aliphatic rings. The summed E-state index contributed by atoms with van der Waals surface area (Å²) in [7, 11) is 1.63. The van der Waals surface area contributed by atoms with Crippen molar-refractivity contribution in [2.45, 2.75) is 19.4 Å². The number of carboxylic acids is 1. The summed E-state index contributed by atoms with van der Waals surface area (Å²) in [4.78, 5) is 10.5. The first-order chi connectivity index (χ1) is 8.04. The number of benzene rings is 1. The van der Waals surface area contributed by atoms with E-state index in [1.807, 2.05) is 25.1 Å². The zero-order chi connectivity index (χ0) is 12.8. The third-order valence-corrected chi connectivity index (χ3v) is 2.50. The molecule has 0 aliphatic heterocycles. The van der Waals surface area contributed by atoms with Crippen molar-refractivity contribution in [3.8, 4) is 5.75 Å². The predicted octanol–water partition coefficient (Wildman–Crippen LogP) is 1.22. The van der Waals surface area contributed by atoms with Crippen LogP contribution in [0.15, 0.2) is 18.2 Å². The molecule has 0 heterocycles. The molecule has 5 heteroatoms. The third-order valence-electron chi connectivity index (χ3n) is 2.50. The van der Waals surface area contributed by atoms with Crippen molar-refractivity contribution in [1.29, 1.82) is 0 Å². The average Bonchev–Trinajstić information content (AvgIpc) is 2.29. The van der Waals surface area contributed by atoms with Crippen LogP contribution in [0.25, 0.3) is 0 Å². The summed E-state index contributed by atoms with van der Waals surface area (Å²) in [6.45, 7) is 2.48. The number of aryl methyl sites for hydroxylation is 1. The quantitative estimate of drug-likeness (QED) is 0.694. The summed E-state index contributed by atoms with van der Waals surface area (Å²) in [6, 6.07) is 4.89. The van der Waals surface area contributed by atoms with Crippen molar-refractivity contribution in [3.63, 3.8) is 0 Å². The van der Waals surface area contributed by atoms with E-state index in [4.69, 9.17) is 15.6 Å². The third kappa shape index (κ3) is 3.96. The van der Waals surface area contributed by atoms with Gasteiger partial charge in [-0.05, 0) is 37.1 Å². The van der Waals surface area contributed by atoms with E-state index in [0.717, 1.165) is 17.0 Å². The summed E-state index contributed by atoms with van der Waals surface area (Å²) in [5.74, 6) is -0.143. The van der Waals surface area contributed by atoms with Gasteiger partial charge in [-0.15, -0.1) is 0 Å². The first kappa shape index (κ1) is 13.3. The molecule has 5 nitrogen and oxygen atoms in total. The molecule has 0 saturated heterocycles. The van der Waals surface area contributed by atoms with Gasteiger partial charge in [0.1, 0.15) is 11.8 Å². The van der Waals surface area contributed by atoms with Gasteiger partial charge in [-0.2, -0.15) is 0 Å². The minimum absolute atomic E-state index is 0.389. The maximum atomic E-state index is 10.5. The molecule has 1 aromatic rings. The molecule has 0 fully saturated rings. The van der Waals surface area contributed by atoms with Crippen LogP contribution in [0, 0.1) is 6.92 Å². The lowest BCUT2D eigenvalue weighted by Gasteiger charge is -2.11. The summed E-state index contributed by atoms with van der Waals surface area (Å²) in [6.07, 6.45) is 0.389. The smallest absolute Gasteiger partial charge is 0.320 e. The molecule has 1 unspecified atom stereocenters. The number of carbonyl (C=O) groups is 1. The van der Waals surface area contributed by atoms with Gasteiger partial charge in [0.25, 0.3) is 0 Å². The number of hydrogen-bond acceptors (Lipinski definition) is 4. The monoisotopic (exact) mass is 238 g/mol. The van der Waals surface area contributed by atoms with Gasteiger partial charge in [0.15, 0.2) is 0 Å². The Labute approximate surface area is 101 Å². The summed E-state index contributed by atoms with van der Waals surface area (Å²) in [5.41, 5.74) is 7.36. The van der Waals surface area contributed by atoms with Crippen LogP contribution in [0.4, 0.5) is 5.69 Å². The van der Waals surface area contributed by atoms with Crippen molar-refractivity contribution in [1.82, 2.24) is 0 Å². The molecule has 0 aliphatic carbocycles. The average molecular weight is 238 g/mol. The number of rotatable bonds is 6. The Bertz CT molecular complexity index is 393. The number of aliphatic carboxylic acids is 1. The Morgan fingerprint density at radius 3 is 2.82 bits per heavy atom. The summed E-state index contributed by atoms with van der Waals surface area (Å²) < 4.78 is 5.15. The molecule has 1 rings (SSSR count). The topological polar surface area (TPSA) is 84.6 Å².